The summed E-state index contributed by atoms with van der Waals surface area (Å²) in [4.78, 5) is 9.74. The van der Waals surface area contributed by atoms with Gasteiger partial charge in [0.15, 0.2) is 0 Å². The molecule has 8 aromatic carbocycles. The molecular weight excluding hydrogens is 661 g/mol. The molecule has 1 aliphatic rings. The van der Waals surface area contributed by atoms with Crippen molar-refractivity contribution in [2.75, 3.05) is 0 Å². The van der Waals surface area contributed by atoms with Gasteiger partial charge in [0.2, 0.25) is 0 Å². The molecule has 0 unspecified atom stereocenters. The fraction of sp³-hybridized carbons (Fsp3) is 0.0800. The lowest BCUT2D eigenvalue weighted by Gasteiger charge is -2.22. The predicted molar refractivity (Wildman–Crippen MR) is 226 cm³/mol. The summed E-state index contributed by atoms with van der Waals surface area (Å²) in [7, 11) is 0. The summed E-state index contributed by atoms with van der Waals surface area (Å²) < 4.78 is 2.63. The number of nitrogens with zero attached hydrogens (tertiary/aromatic N) is 2. The molecule has 11 rings (SSSR count). The molecule has 10 aromatic rings. The molecule has 0 atom stereocenters. The monoisotopic (exact) mass is 694 g/mol. The molecule has 2 heterocycles. The molecule has 0 saturated heterocycles. The van der Waals surface area contributed by atoms with Gasteiger partial charge in [-0.3, -0.25) is 0 Å². The maximum atomic E-state index is 4.94. The summed E-state index contributed by atoms with van der Waals surface area (Å²) in [6.07, 6.45) is 0. The van der Waals surface area contributed by atoms with Gasteiger partial charge in [-0.1, -0.05) is 105 Å². The second kappa shape index (κ2) is 11.2. The van der Waals surface area contributed by atoms with Crippen LogP contribution < -0.4 is 0 Å². The Balaban J connectivity index is 0.930. The van der Waals surface area contributed by atoms with Crippen molar-refractivity contribution < 1.29 is 0 Å². The topological polar surface area (TPSA) is 25.8 Å². The molecule has 250 valence electrons. The van der Waals surface area contributed by atoms with Crippen LogP contribution >= 0.6 is 11.3 Å². The Hall–Kier alpha value is -6.16. The number of thiophene rings is 1. The van der Waals surface area contributed by atoms with Crippen LogP contribution in [0.2, 0.25) is 0 Å². The van der Waals surface area contributed by atoms with E-state index >= 15 is 0 Å². The third-order valence-electron chi connectivity index (χ3n) is 11.5. The smallest absolute Gasteiger partial charge is 0.0922 e. The van der Waals surface area contributed by atoms with Crippen LogP contribution in [0.1, 0.15) is 30.7 Å². The van der Waals surface area contributed by atoms with E-state index in [1.807, 2.05) is 42.5 Å². The third kappa shape index (κ3) is 4.70. The summed E-state index contributed by atoms with van der Waals surface area (Å²) in [6, 6.07) is 56.0. The Morgan fingerprint density at radius 3 is 1.83 bits per heavy atom. The van der Waals surface area contributed by atoms with Crippen LogP contribution in [-0.4, -0.2) is 9.97 Å². The van der Waals surface area contributed by atoms with Crippen molar-refractivity contribution in [3.8, 4) is 44.6 Å². The summed E-state index contributed by atoms with van der Waals surface area (Å²) in [5.41, 5.74) is 15.2. The first-order chi connectivity index (χ1) is 25.9. The Labute approximate surface area is 312 Å². The molecule has 3 heteroatoms. The molecule has 2 nitrogen and oxygen atoms in total. The first kappa shape index (κ1) is 30.5. The number of hydrogen-bond acceptors (Lipinski definition) is 3. The van der Waals surface area contributed by atoms with Gasteiger partial charge in [-0.15, -0.1) is 11.3 Å². The highest BCUT2D eigenvalue weighted by Crippen LogP contribution is 2.51. The van der Waals surface area contributed by atoms with E-state index in [0.29, 0.717) is 0 Å². The van der Waals surface area contributed by atoms with Crippen LogP contribution in [0.4, 0.5) is 0 Å². The SMILES string of the molecule is Cc1nc2ccccc2nc1-c1ccc(-c2ccc3sc4cc(-c5ccc6c(c5)C(C)(C)c5cc7cc8ccccc8cc7cc5-6)ccc4c3c2)cc1. The van der Waals surface area contributed by atoms with E-state index in [0.717, 1.165) is 28.0 Å². The van der Waals surface area contributed by atoms with Gasteiger partial charge < -0.3 is 0 Å². The molecule has 53 heavy (non-hydrogen) atoms. The van der Waals surface area contributed by atoms with Gasteiger partial charge in [0.25, 0.3) is 0 Å². The van der Waals surface area contributed by atoms with Crippen molar-refractivity contribution in [2.24, 2.45) is 0 Å². The van der Waals surface area contributed by atoms with Gasteiger partial charge in [-0.05, 0) is 134 Å². The van der Waals surface area contributed by atoms with E-state index in [9.17, 15) is 0 Å². The van der Waals surface area contributed by atoms with Gasteiger partial charge in [-0.2, -0.15) is 0 Å². The largest absolute Gasteiger partial charge is 0.249 e. The minimum absolute atomic E-state index is 0.0848. The lowest BCUT2D eigenvalue weighted by atomic mass is 9.81. The van der Waals surface area contributed by atoms with Crippen molar-refractivity contribution in [3.63, 3.8) is 0 Å². The number of hydrogen-bond donors (Lipinski definition) is 0. The van der Waals surface area contributed by atoms with Crippen LogP contribution in [0, 0.1) is 6.92 Å². The van der Waals surface area contributed by atoms with Crippen molar-refractivity contribution in [1.82, 2.24) is 9.97 Å². The van der Waals surface area contributed by atoms with Crippen LogP contribution in [0.15, 0.2) is 152 Å². The minimum Gasteiger partial charge on any atom is -0.249 e. The Morgan fingerprint density at radius 1 is 0.434 bits per heavy atom. The standard InChI is InChI=1S/C50H34N2S/c1-29-49(52-46-11-7-6-10-45(46)51-29)31-14-12-30(13-15-31)34-18-21-47-42(24-34)40-20-17-36(28-48(40)53-47)35-16-19-39-41-25-37-22-32-8-4-5-9-33(32)23-38(37)27-44(41)50(2,3)43(39)26-35/h4-28H,1-3H3. The van der Waals surface area contributed by atoms with Crippen molar-refractivity contribution in [2.45, 2.75) is 26.2 Å². The number of fused-ring (bicyclic) bond motifs is 9. The molecule has 0 fully saturated rings. The van der Waals surface area contributed by atoms with Gasteiger partial charge in [0.1, 0.15) is 0 Å². The normalized spacial score (nSPS) is 13.3. The summed E-state index contributed by atoms with van der Waals surface area (Å²) in [5, 5.41) is 7.81. The number of aromatic nitrogens is 2. The van der Waals surface area contributed by atoms with E-state index in [-0.39, 0.29) is 5.41 Å². The highest BCUT2D eigenvalue weighted by Gasteiger charge is 2.36. The zero-order chi connectivity index (χ0) is 35.4. The number of para-hydroxylation sites is 2. The quantitative estimate of drug-likeness (QED) is 0.172. The van der Waals surface area contributed by atoms with Gasteiger partial charge in [-0.25, -0.2) is 9.97 Å². The highest BCUT2D eigenvalue weighted by molar-refractivity contribution is 7.25. The van der Waals surface area contributed by atoms with Crippen molar-refractivity contribution in [3.05, 3.63) is 168 Å². The zero-order valence-corrected chi connectivity index (χ0v) is 30.6. The fourth-order valence-electron chi connectivity index (χ4n) is 8.67. The Bertz CT molecular complexity index is 3150. The van der Waals surface area contributed by atoms with Crippen molar-refractivity contribution in [1.29, 1.82) is 0 Å². The molecular formula is C50H34N2S. The van der Waals surface area contributed by atoms with Crippen LogP contribution in [0.3, 0.4) is 0 Å². The van der Waals surface area contributed by atoms with Gasteiger partial charge in [0.05, 0.1) is 22.4 Å². The first-order valence-corrected chi connectivity index (χ1v) is 19.1. The van der Waals surface area contributed by atoms with E-state index in [2.05, 4.69) is 141 Å². The summed E-state index contributed by atoms with van der Waals surface area (Å²) in [6.45, 7) is 6.80. The second-order valence-electron chi connectivity index (χ2n) is 15.1. The average Bonchev–Trinajstić information content (AvgIpc) is 3.66. The lowest BCUT2D eigenvalue weighted by molar-refractivity contribution is 0.661. The maximum absolute atomic E-state index is 4.94. The molecule has 0 bridgehead atoms. The highest BCUT2D eigenvalue weighted by atomic mass is 32.1. The lowest BCUT2D eigenvalue weighted by Crippen LogP contribution is -2.15. The summed E-state index contributed by atoms with van der Waals surface area (Å²) >= 11 is 1.88. The number of aryl methyl sites for hydroxylation is 1. The van der Waals surface area contributed by atoms with E-state index in [1.54, 1.807) is 0 Å². The predicted octanol–water partition coefficient (Wildman–Crippen LogP) is 13.9. The van der Waals surface area contributed by atoms with E-state index in [4.69, 9.17) is 9.97 Å². The van der Waals surface area contributed by atoms with Gasteiger partial charge >= 0.3 is 0 Å². The second-order valence-corrected chi connectivity index (χ2v) is 16.2. The van der Waals surface area contributed by atoms with Crippen LogP contribution in [0.5, 0.6) is 0 Å². The average molecular weight is 695 g/mol. The first-order valence-electron chi connectivity index (χ1n) is 18.3. The zero-order valence-electron chi connectivity index (χ0n) is 29.7. The van der Waals surface area contributed by atoms with Crippen LogP contribution in [-0.2, 0) is 5.41 Å². The molecule has 0 saturated carbocycles. The third-order valence-corrected chi connectivity index (χ3v) is 12.7. The molecule has 1 aliphatic carbocycles. The molecule has 0 radical (unpaired) electrons. The molecule has 0 aliphatic heterocycles. The Kier molecular flexibility index (Phi) is 6.42. The molecule has 0 spiro atoms. The van der Waals surface area contributed by atoms with Crippen molar-refractivity contribution >= 4 is 64.1 Å². The molecule has 2 aromatic heterocycles. The molecule has 0 N–H and O–H groups in total. The maximum Gasteiger partial charge on any atom is 0.0922 e. The Morgan fingerprint density at radius 2 is 1.04 bits per heavy atom. The van der Waals surface area contributed by atoms with Gasteiger partial charge in [0, 0.05) is 31.2 Å². The molecule has 0 amide bonds. The fourth-order valence-corrected chi connectivity index (χ4v) is 9.80. The number of rotatable bonds is 3. The minimum atomic E-state index is -0.0848. The van der Waals surface area contributed by atoms with Crippen LogP contribution in [0.25, 0.3) is 97.4 Å². The van der Waals surface area contributed by atoms with E-state index in [1.165, 1.54) is 86.2 Å². The van der Waals surface area contributed by atoms with E-state index < -0.39 is 0 Å². The summed E-state index contributed by atoms with van der Waals surface area (Å²) in [5.74, 6) is 0. The number of benzene rings is 8.